The second-order valence-electron chi connectivity index (χ2n) is 4.05. The monoisotopic (exact) mass is 241 g/mol. The van der Waals surface area contributed by atoms with Crippen LogP contribution in [0.15, 0.2) is 30.5 Å². The number of halogens is 1. The van der Waals surface area contributed by atoms with Gasteiger partial charge in [0.25, 0.3) is 0 Å². The average molecular weight is 241 g/mol. The molecular weight excluding hydrogens is 229 g/mol. The normalized spacial score (nSPS) is 9.89. The second kappa shape index (κ2) is 4.84. The van der Waals surface area contributed by atoms with Crippen molar-refractivity contribution in [1.82, 2.24) is 4.98 Å². The zero-order valence-electron chi connectivity index (χ0n) is 10.2. The van der Waals surface area contributed by atoms with Gasteiger partial charge in [-0.2, -0.15) is 5.26 Å². The van der Waals surface area contributed by atoms with Gasteiger partial charge in [-0.1, -0.05) is 0 Å². The van der Waals surface area contributed by atoms with Crippen molar-refractivity contribution < 1.29 is 4.39 Å². The molecule has 1 N–H and O–H groups in total. The van der Waals surface area contributed by atoms with Crippen LogP contribution in [0.4, 0.5) is 15.9 Å². The van der Waals surface area contributed by atoms with Crippen LogP contribution in [0.3, 0.4) is 0 Å². The molecule has 4 heteroatoms. The number of aromatic nitrogens is 1. The molecule has 1 aromatic carbocycles. The first kappa shape index (κ1) is 12.1. The molecule has 0 fully saturated rings. The van der Waals surface area contributed by atoms with Gasteiger partial charge in [0.05, 0.1) is 5.56 Å². The van der Waals surface area contributed by atoms with Gasteiger partial charge in [-0.15, -0.1) is 0 Å². The first-order valence-electron chi connectivity index (χ1n) is 5.50. The Morgan fingerprint density at radius 1 is 1.22 bits per heavy atom. The molecule has 0 saturated carbocycles. The number of rotatable bonds is 2. The van der Waals surface area contributed by atoms with Gasteiger partial charge in [-0.05, 0) is 49.2 Å². The average Bonchev–Trinajstić information content (AvgIpc) is 2.34. The molecule has 2 aromatic rings. The highest BCUT2D eigenvalue weighted by molar-refractivity contribution is 5.64. The number of pyridine rings is 1. The molecule has 2 rings (SSSR count). The quantitative estimate of drug-likeness (QED) is 0.876. The van der Waals surface area contributed by atoms with Crippen LogP contribution in [0.2, 0.25) is 0 Å². The summed E-state index contributed by atoms with van der Waals surface area (Å²) in [6, 6.07) is 8.58. The summed E-state index contributed by atoms with van der Waals surface area (Å²) in [4.78, 5) is 4.13. The minimum atomic E-state index is -0.252. The van der Waals surface area contributed by atoms with Gasteiger partial charge < -0.3 is 5.32 Å². The van der Waals surface area contributed by atoms with E-state index in [2.05, 4.69) is 16.4 Å². The van der Waals surface area contributed by atoms with Crippen molar-refractivity contribution in [3.63, 3.8) is 0 Å². The highest BCUT2D eigenvalue weighted by Crippen LogP contribution is 2.21. The van der Waals surface area contributed by atoms with Crippen molar-refractivity contribution in [2.24, 2.45) is 0 Å². The van der Waals surface area contributed by atoms with Crippen molar-refractivity contribution in [2.45, 2.75) is 13.8 Å². The van der Waals surface area contributed by atoms with E-state index in [1.54, 1.807) is 31.3 Å². The van der Waals surface area contributed by atoms with Crippen LogP contribution in [0, 0.1) is 31.0 Å². The first-order valence-corrected chi connectivity index (χ1v) is 5.50. The van der Waals surface area contributed by atoms with Crippen LogP contribution in [0.5, 0.6) is 0 Å². The fourth-order valence-electron chi connectivity index (χ4n) is 1.65. The number of aryl methyl sites for hydroxylation is 2. The molecule has 0 saturated heterocycles. The number of benzene rings is 1. The van der Waals surface area contributed by atoms with Crippen LogP contribution in [-0.4, -0.2) is 4.98 Å². The van der Waals surface area contributed by atoms with Gasteiger partial charge in [-0.25, -0.2) is 9.37 Å². The zero-order valence-corrected chi connectivity index (χ0v) is 10.2. The van der Waals surface area contributed by atoms with Crippen LogP contribution < -0.4 is 5.32 Å². The molecule has 0 aliphatic heterocycles. The molecule has 0 aliphatic rings. The molecule has 0 radical (unpaired) electrons. The van der Waals surface area contributed by atoms with Crippen molar-refractivity contribution in [3.8, 4) is 6.07 Å². The third kappa shape index (κ3) is 2.30. The molecule has 0 spiro atoms. The van der Waals surface area contributed by atoms with Crippen molar-refractivity contribution in [3.05, 3.63) is 53.0 Å². The number of nitriles is 1. The predicted molar refractivity (Wildman–Crippen MR) is 68.1 cm³/mol. The van der Waals surface area contributed by atoms with Crippen molar-refractivity contribution in [1.29, 1.82) is 5.26 Å². The lowest BCUT2D eigenvalue weighted by atomic mass is 10.1. The maximum atomic E-state index is 13.2. The summed E-state index contributed by atoms with van der Waals surface area (Å²) < 4.78 is 13.2. The molecule has 0 unspecified atom stereocenters. The molecule has 0 aliphatic carbocycles. The highest BCUT2D eigenvalue weighted by Gasteiger charge is 2.07. The van der Waals surface area contributed by atoms with Crippen molar-refractivity contribution >= 4 is 11.5 Å². The molecule has 0 amide bonds. The first-order chi connectivity index (χ1) is 8.61. The van der Waals surface area contributed by atoms with Gasteiger partial charge in [0.1, 0.15) is 17.7 Å². The third-order valence-electron chi connectivity index (χ3n) is 2.69. The lowest BCUT2D eigenvalue weighted by molar-refractivity contribution is 0.619. The van der Waals surface area contributed by atoms with E-state index in [9.17, 15) is 4.39 Å². The fraction of sp³-hybridized carbons (Fsp3) is 0.143. The van der Waals surface area contributed by atoms with E-state index >= 15 is 0 Å². The summed E-state index contributed by atoms with van der Waals surface area (Å²) in [6.45, 7) is 3.54. The molecule has 1 heterocycles. The largest absolute Gasteiger partial charge is 0.339 e. The topological polar surface area (TPSA) is 48.7 Å². The Morgan fingerprint density at radius 3 is 2.67 bits per heavy atom. The standard InChI is InChI=1S/C14H12FN3/c1-9-5-6-17-14(12(9)8-16)18-11-3-4-13(15)10(2)7-11/h3-7H,1-2H3,(H,17,18). The SMILES string of the molecule is Cc1cc(Nc2nccc(C)c2C#N)ccc1F. The Balaban J connectivity index is 2.37. The maximum Gasteiger partial charge on any atom is 0.148 e. The highest BCUT2D eigenvalue weighted by atomic mass is 19.1. The van der Waals surface area contributed by atoms with Gasteiger partial charge in [-0.3, -0.25) is 0 Å². The van der Waals surface area contributed by atoms with E-state index in [4.69, 9.17) is 5.26 Å². The van der Waals surface area contributed by atoms with Crippen LogP contribution in [-0.2, 0) is 0 Å². The Kier molecular flexibility index (Phi) is 3.24. The van der Waals surface area contributed by atoms with Crippen LogP contribution >= 0.6 is 0 Å². The van der Waals surface area contributed by atoms with Gasteiger partial charge >= 0.3 is 0 Å². The Bertz CT molecular complexity index is 629. The molecular formula is C14H12FN3. The summed E-state index contributed by atoms with van der Waals surface area (Å²) in [6.07, 6.45) is 1.63. The molecule has 0 bridgehead atoms. The van der Waals surface area contributed by atoms with Crippen LogP contribution in [0.1, 0.15) is 16.7 Å². The summed E-state index contributed by atoms with van der Waals surface area (Å²) >= 11 is 0. The van der Waals surface area contributed by atoms with E-state index in [0.29, 0.717) is 22.6 Å². The van der Waals surface area contributed by atoms with Gasteiger partial charge in [0.15, 0.2) is 0 Å². The third-order valence-corrected chi connectivity index (χ3v) is 2.69. The van der Waals surface area contributed by atoms with E-state index in [0.717, 1.165) is 5.56 Å². The number of hydrogen-bond acceptors (Lipinski definition) is 3. The fourth-order valence-corrected chi connectivity index (χ4v) is 1.65. The van der Waals surface area contributed by atoms with Gasteiger partial charge in [0.2, 0.25) is 0 Å². The Morgan fingerprint density at radius 2 is 2.00 bits per heavy atom. The summed E-state index contributed by atoms with van der Waals surface area (Å²) in [7, 11) is 0. The lowest BCUT2D eigenvalue weighted by Gasteiger charge is -2.09. The molecule has 0 atom stereocenters. The van der Waals surface area contributed by atoms with Crippen molar-refractivity contribution in [2.75, 3.05) is 5.32 Å². The maximum absolute atomic E-state index is 13.2. The van der Waals surface area contributed by atoms with Crippen LogP contribution in [0.25, 0.3) is 0 Å². The predicted octanol–water partition coefficient (Wildman–Crippen LogP) is 3.45. The number of nitrogens with zero attached hydrogens (tertiary/aromatic N) is 2. The Hall–Kier alpha value is -2.41. The summed E-state index contributed by atoms with van der Waals surface area (Å²) in [5, 5.41) is 12.1. The van der Waals surface area contributed by atoms with E-state index in [1.807, 2.05) is 6.92 Å². The number of nitrogens with one attached hydrogen (secondary N) is 1. The van der Waals surface area contributed by atoms with E-state index < -0.39 is 0 Å². The smallest absolute Gasteiger partial charge is 0.148 e. The minimum absolute atomic E-state index is 0.252. The molecule has 18 heavy (non-hydrogen) atoms. The van der Waals surface area contributed by atoms with Gasteiger partial charge in [0, 0.05) is 11.9 Å². The summed E-state index contributed by atoms with van der Waals surface area (Å²) in [5.41, 5.74) is 2.61. The van der Waals surface area contributed by atoms with E-state index in [-0.39, 0.29) is 5.82 Å². The molecule has 1 aromatic heterocycles. The lowest BCUT2D eigenvalue weighted by Crippen LogP contribution is -1.99. The second-order valence-corrected chi connectivity index (χ2v) is 4.05. The summed E-state index contributed by atoms with van der Waals surface area (Å²) in [5.74, 6) is 0.238. The minimum Gasteiger partial charge on any atom is -0.339 e. The Labute approximate surface area is 105 Å². The molecule has 90 valence electrons. The number of hydrogen-bond donors (Lipinski definition) is 1. The van der Waals surface area contributed by atoms with E-state index in [1.165, 1.54) is 6.07 Å². The molecule has 3 nitrogen and oxygen atoms in total. The zero-order chi connectivity index (χ0) is 13.1. The number of anilines is 2.